The first-order valence-electron chi connectivity index (χ1n) is 6.90. The molecule has 1 aromatic carbocycles. The van der Waals surface area contributed by atoms with Crippen molar-refractivity contribution in [1.82, 2.24) is 5.32 Å². The number of methoxy groups -OCH3 is 1. The number of hydrogen-bond acceptors (Lipinski definition) is 2. The van der Waals surface area contributed by atoms with Gasteiger partial charge in [0.25, 0.3) is 0 Å². The van der Waals surface area contributed by atoms with Crippen LogP contribution in [0, 0.1) is 5.92 Å². The number of benzene rings is 1. The summed E-state index contributed by atoms with van der Waals surface area (Å²) in [7, 11) is 1.62. The zero-order valence-electron chi connectivity index (χ0n) is 12.4. The minimum absolute atomic E-state index is 0.151. The van der Waals surface area contributed by atoms with E-state index in [9.17, 15) is 13.2 Å². The number of ether oxygens (including phenoxy) is 1. The molecule has 6 heteroatoms. The molecule has 0 saturated carbocycles. The molecule has 1 rings (SSSR count). The molecule has 0 saturated heterocycles. The molecule has 2 atom stereocenters. The van der Waals surface area contributed by atoms with Gasteiger partial charge in [-0.3, -0.25) is 0 Å². The van der Waals surface area contributed by atoms with Crippen LogP contribution in [0.25, 0.3) is 0 Å². The summed E-state index contributed by atoms with van der Waals surface area (Å²) >= 11 is 3.37. The van der Waals surface area contributed by atoms with E-state index in [0.717, 1.165) is 12.5 Å². The maximum absolute atomic E-state index is 12.9. The van der Waals surface area contributed by atoms with Crippen molar-refractivity contribution < 1.29 is 17.9 Å². The molecule has 0 aliphatic carbocycles. The molecule has 2 nitrogen and oxygen atoms in total. The van der Waals surface area contributed by atoms with Crippen molar-refractivity contribution in [2.75, 3.05) is 20.3 Å². The largest absolute Gasteiger partial charge is 0.416 e. The molecule has 21 heavy (non-hydrogen) atoms. The molecule has 2 unspecified atom stereocenters. The van der Waals surface area contributed by atoms with Gasteiger partial charge in [-0.15, -0.1) is 0 Å². The standard InChI is InChI=1S/C15H21BrF3NO/c1-4-20-14(10(2)7-8-21-3)12-9-11(15(17,18)19)5-6-13(12)16/h5-6,9-10,14,20H,4,7-8H2,1-3H3. The van der Waals surface area contributed by atoms with E-state index in [2.05, 4.69) is 21.2 Å². The van der Waals surface area contributed by atoms with Crippen LogP contribution in [-0.2, 0) is 10.9 Å². The number of alkyl halides is 3. The van der Waals surface area contributed by atoms with Gasteiger partial charge >= 0.3 is 6.18 Å². The zero-order valence-corrected chi connectivity index (χ0v) is 14.0. The molecule has 0 aliphatic heterocycles. The fraction of sp³-hybridized carbons (Fsp3) is 0.600. The Kier molecular flexibility index (Phi) is 7.16. The van der Waals surface area contributed by atoms with Crippen LogP contribution >= 0.6 is 15.9 Å². The Bertz CT molecular complexity index is 451. The lowest BCUT2D eigenvalue weighted by Gasteiger charge is -2.27. The Morgan fingerprint density at radius 3 is 2.52 bits per heavy atom. The normalized spacial score (nSPS) is 15.0. The second-order valence-electron chi connectivity index (χ2n) is 5.03. The Labute approximate surface area is 132 Å². The fourth-order valence-corrected chi connectivity index (χ4v) is 2.76. The Hall–Kier alpha value is -0.590. The van der Waals surface area contributed by atoms with E-state index in [1.165, 1.54) is 12.1 Å². The predicted octanol–water partition coefficient (Wildman–Crippen LogP) is 4.79. The summed E-state index contributed by atoms with van der Waals surface area (Å²) in [6, 6.07) is 3.63. The van der Waals surface area contributed by atoms with E-state index < -0.39 is 11.7 Å². The van der Waals surface area contributed by atoms with Crippen LogP contribution in [0.4, 0.5) is 13.2 Å². The molecule has 0 radical (unpaired) electrons. The quantitative estimate of drug-likeness (QED) is 0.747. The molecule has 1 N–H and O–H groups in total. The van der Waals surface area contributed by atoms with Crippen molar-refractivity contribution >= 4 is 15.9 Å². The third-order valence-corrected chi connectivity index (χ3v) is 4.15. The minimum atomic E-state index is -4.33. The van der Waals surface area contributed by atoms with E-state index in [0.29, 0.717) is 23.2 Å². The lowest BCUT2D eigenvalue weighted by molar-refractivity contribution is -0.137. The van der Waals surface area contributed by atoms with Gasteiger partial charge in [0, 0.05) is 24.2 Å². The third kappa shape index (κ3) is 5.27. The molecular weight excluding hydrogens is 347 g/mol. The molecular formula is C15H21BrF3NO. The molecule has 0 aliphatic rings. The van der Waals surface area contributed by atoms with Gasteiger partial charge in [0.15, 0.2) is 0 Å². The summed E-state index contributed by atoms with van der Waals surface area (Å²) < 4.78 is 44.4. The molecule has 0 bridgehead atoms. The maximum atomic E-state index is 12.9. The van der Waals surface area contributed by atoms with Gasteiger partial charge in [-0.05, 0) is 42.6 Å². The van der Waals surface area contributed by atoms with Gasteiger partial charge in [-0.25, -0.2) is 0 Å². The predicted molar refractivity (Wildman–Crippen MR) is 81.2 cm³/mol. The van der Waals surface area contributed by atoms with Crippen LogP contribution in [-0.4, -0.2) is 20.3 Å². The van der Waals surface area contributed by atoms with Crippen LogP contribution in [0.1, 0.15) is 37.4 Å². The minimum Gasteiger partial charge on any atom is -0.385 e. The first-order chi connectivity index (χ1) is 9.81. The SMILES string of the molecule is CCNC(c1cc(C(F)(F)F)ccc1Br)C(C)CCOC. The van der Waals surface area contributed by atoms with E-state index in [1.54, 1.807) is 7.11 Å². The molecule has 0 fully saturated rings. The second-order valence-corrected chi connectivity index (χ2v) is 5.88. The lowest BCUT2D eigenvalue weighted by Crippen LogP contribution is -2.28. The summed E-state index contributed by atoms with van der Waals surface area (Å²) in [6.07, 6.45) is -3.56. The van der Waals surface area contributed by atoms with Crippen molar-refractivity contribution in [3.8, 4) is 0 Å². The fourth-order valence-electron chi connectivity index (χ4n) is 2.27. The number of rotatable bonds is 7. The van der Waals surface area contributed by atoms with Crippen molar-refractivity contribution in [3.05, 3.63) is 33.8 Å². The topological polar surface area (TPSA) is 21.3 Å². The van der Waals surface area contributed by atoms with Crippen LogP contribution < -0.4 is 5.32 Å². The van der Waals surface area contributed by atoms with E-state index in [4.69, 9.17) is 4.74 Å². The third-order valence-electron chi connectivity index (χ3n) is 3.43. The summed E-state index contributed by atoms with van der Waals surface area (Å²) in [4.78, 5) is 0. The first kappa shape index (κ1) is 18.5. The second kappa shape index (κ2) is 8.15. The molecule has 120 valence electrons. The van der Waals surface area contributed by atoms with Crippen molar-refractivity contribution in [1.29, 1.82) is 0 Å². The number of hydrogen-bond donors (Lipinski definition) is 1. The first-order valence-corrected chi connectivity index (χ1v) is 7.69. The molecule has 0 aromatic heterocycles. The average molecular weight is 368 g/mol. The lowest BCUT2D eigenvalue weighted by atomic mass is 9.91. The van der Waals surface area contributed by atoms with Crippen LogP contribution in [0.5, 0.6) is 0 Å². The van der Waals surface area contributed by atoms with E-state index in [1.807, 2.05) is 13.8 Å². The summed E-state index contributed by atoms with van der Waals surface area (Å²) in [5.74, 6) is 0.157. The maximum Gasteiger partial charge on any atom is 0.416 e. The highest BCUT2D eigenvalue weighted by Gasteiger charge is 2.32. The molecule has 0 heterocycles. The summed E-state index contributed by atoms with van der Waals surface area (Å²) in [5, 5.41) is 3.27. The van der Waals surface area contributed by atoms with Gasteiger partial charge in [0.05, 0.1) is 5.56 Å². The highest BCUT2D eigenvalue weighted by molar-refractivity contribution is 9.10. The van der Waals surface area contributed by atoms with Gasteiger partial charge in [0.2, 0.25) is 0 Å². The van der Waals surface area contributed by atoms with Gasteiger partial charge in [0.1, 0.15) is 0 Å². The number of halogens is 4. The van der Waals surface area contributed by atoms with Gasteiger partial charge in [-0.2, -0.15) is 13.2 Å². The van der Waals surface area contributed by atoms with Gasteiger partial charge < -0.3 is 10.1 Å². The smallest absolute Gasteiger partial charge is 0.385 e. The van der Waals surface area contributed by atoms with E-state index in [-0.39, 0.29) is 12.0 Å². The highest BCUT2D eigenvalue weighted by Crippen LogP contribution is 2.36. The van der Waals surface area contributed by atoms with Gasteiger partial charge in [-0.1, -0.05) is 29.8 Å². The Morgan fingerprint density at radius 2 is 2.00 bits per heavy atom. The number of nitrogens with one attached hydrogen (secondary N) is 1. The van der Waals surface area contributed by atoms with Crippen LogP contribution in [0.2, 0.25) is 0 Å². The molecule has 1 aromatic rings. The average Bonchev–Trinajstić information content (AvgIpc) is 2.41. The summed E-state index contributed by atoms with van der Waals surface area (Å²) in [6.45, 7) is 5.22. The highest BCUT2D eigenvalue weighted by atomic mass is 79.9. The Balaban J connectivity index is 3.11. The molecule has 0 spiro atoms. The Morgan fingerprint density at radius 1 is 1.33 bits per heavy atom. The van der Waals surface area contributed by atoms with Crippen LogP contribution in [0.3, 0.4) is 0 Å². The van der Waals surface area contributed by atoms with Crippen LogP contribution in [0.15, 0.2) is 22.7 Å². The monoisotopic (exact) mass is 367 g/mol. The van der Waals surface area contributed by atoms with Crippen molar-refractivity contribution in [2.45, 2.75) is 32.5 Å². The van der Waals surface area contributed by atoms with Crippen molar-refractivity contribution in [3.63, 3.8) is 0 Å². The molecule has 0 amide bonds. The zero-order chi connectivity index (χ0) is 16.0. The summed E-state index contributed by atoms with van der Waals surface area (Å²) in [5.41, 5.74) is 0.0119. The van der Waals surface area contributed by atoms with E-state index >= 15 is 0 Å². The van der Waals surface area contributed by atoms with Crippen molar-refractivity contribution in [2.24, 2.45) is 5.92 Å².